The molecule has 0 amide bonds. The van der Waals surface area contributed by atoms with Crippen LogP contribution in [0.25, 0.3) is 0 Å². The van der Waals surface area contributed by atoms with E-state index in [0.29, 0.717) is 5.66 Å². The Morgan fingerprint density at radius 1 is 0.619 bits per heavy atom. The molecule has 1 saturated carbocycles. The highest BCUT2D eigenvalue weighted by atomic mass is 15.7. The molecule has 1 unspecified atom stereocenters. The maximum absolute atomic E-state index is 2.90. The van der Waals surface area contributed by atoms with Crippen molar-refractivity contribution in [3.8, 4) is 0 Å². The van der Waals surface area contributed by atoms with Crippen molar-refractivity contribution in [2.24, 2.45) is 5.92 Å². The van der Waals surface area contributed by atoms with E-state index in [0.717, 1.165) is 5.92 Å². The summed E-state index contributed by atoms with van der Waals surface area (Å²) in [6.07, 6.45) is 16.0. The number of hydrogen-bond acceptors (Lipinski definition) is 3. The molecule has 1 atom stereocenters. The summed E-state index contributed by atoms with van der Waals surface area (Å²) in [6, 6.07) is 0. The normalized spacial score (nSPS) is 37.7. The van der Waals surface area contributed by atoms with Gasteiger partial charge in [-0.05, 0) is 57.3 Å². The third-order valence-corrected chi connectivity index (χ3v) is 6.70. The molecule has 0 aromatic rings. The summed E-state index contributed by atoms with van der Waals surface area (Å²) in [5, 5.41) is 5.66. The van der Waals surface area contributed by atoms with Crippen molar-refractivity contribution < 1.29 is 0 Å². The number of hydrazine groups is 1. The molecule has 0 aromatic heterocycles. The van der Waals surface area contributed by atoms with Gasteiger partial charge >= 0.3 is 0 Å². The third kappa shape index (κ3) is 2.46. The second kappa shape index (κ2) is 6.17. The minimum absolute atomic E-state index is 0.418. The van der Waals surface area contributed by atoms with Crippen LogP contribution in [0.5, 0.6) is 0 Å². The van der Waals surface area contributed by atoms with E-state index in [1.165, 1.54) is 103 Å². The van der Waals surface area contributed by atoms with Crippen LogP contribution in [0, 0.1) is 5.92 Å². The fourth-order valence-corrected chi connectivity index (χ4v) is 5.56. The van der Waals surface area contributed by atoms with Gasteiger partial charge in [-0.3, -0.25) is 4.90 Å². The molecule has 3 heterocycles. The van der Waals surface area contributed by atoms with Crippen molar-refractivity contribution >= 4 is 0 Å². The molecule has 120 valence electrons. The molecule has 3 nitrogen and oxygen atoms in total. The van der Waals surface area contributed by atoms with Gasteiger partial charge in [0.05, 0.1) is 5.66 Å². The Balaban J connectivity index is 1.63. The zero-order chi connectivity index (χ0) is 14.1. The van der Waals surface area contributed by atoms with Crippen LogP contribution in [-0.2, 0) is 0 Å². The summed E-state index contributed by atoms with van der Waals surface area (Å²) in [5.74, 6) is 0.937. The Bertz CT molecular complexity index is 342. The first kappa shape index (κ1) is 14.5. The smallest absolute Gasteiger partial charge is 0.0901 e. The van der Waals surface area contributed by atoms with Gasteiger partial charge in [0, 0.05) is 32.7 Å². The standard InChI is InChI=1S/C18H33N3/c1-2-9-17(10-3-1)18(19-12-8-13-19)11-4-5-16-21(18)20-14-6-7-15-20/h17H,1-16H2. The number of likely N-dealkylation sites (tertiary alicyclic amines) is 1. The summed E-state index contributed by atoms with van der Waals surface area (Å²) < 4.78 is 0. The second-order valence-electron chi connectivity index (χ2n) is 7.80. The molecule has 0 bridgehead atoms. The van der Waals surface area contributed by atoms with E-state index in [2.05, 4.69) is 14.9 Å². The van der Waals surface area contributed by atoms with Crippen LogP contribution in [0.3, 0.4) is 0 Å². The summed E-state index contributed by atoms with van der Waals surface area (Å²) in [5.41, 5.74) is 0.418. The third-order valence-electron chi connectivity index (χ3n) is 6.70. The van der Waals surface area contributed by atoms with Crippen molar-refractivity contribution in [2.45, 2.75) is 76.3 Å². The Kier molecular flexibility index (Phi) is 4.25. The molecule has 0 spiro atoms. The van der Waals surface area contributed by atoms with Crippen LogP contribution in [0.15, 0.2) is 0 Å². The molecule has 4 aliphatic rings. The first-order chi connectivity index (χ1) is 10.4. The molecule has 1 aliphatic carbocycles. The summed E-state index contributed by atoms with van der Waals surface area (Å²) in [6.45, 7) is 6.69. The van der Waals surface area contributed by atoms with Gasteiger partial charge in [0.15, 0.2) is 0 Å². The maximum atomic E-state index is 2.90. The molecule has 21 heavy (non-hydrogen) atoms. The molecule has 4 rings (SSSR count). The Hall–Kier alpha value is -0.120. The monoisotopic (exact) mass is 291 g/mol. The fraction of sp³-hybridized carbons (Fsp3) is 1.00. The lowest BCUT2D eigenvalue weighted by Crippen LogP contribution is -2.72. The van der Waals surface area contributed by atoms with Crippen molar-refractivity contribution in [1.82, 2.24) is 14.9 Å². The van der Waals surface area contributed by atoms with Gasteiger partial charge in [-0.15, -0.1) is 0 Å². The molecular formula is C18H33N3. The first-order valence-corrected chi connectivity index (χ1v) is 9.69. The van der Waals surface area contributed by atoms with Crippen molar-refractivity contribution in [3.05, 3.63) is 0 Å². The lowest BCUT2D eigenvalue weighted by atomic mass is 9.73. The Labute approximate surface area is 130 Å². The molecule has 0 radical (unpaired) electrons. The van der Waals surface area contributed by atoms with Crippen LogP contribution in [-0.4, -0.2) is 53.3 Å². The zero-order valence-electron chi connectivity index (χ0n) is 13.7. The first-order valence-electron chi connectivity index (χ1n) is 9.69. The average molecular weight is 291 g/mol. The summed E-state index contributed by atoms with van der Waals surface area (Å²) in [7, 11) is 0. The molecule has 4 fully saturated rings. The number of nitrogens with zero attached hydrogens (tertiary/aromatic N) is 3. The zero-order valence-corrected chi connectivity index (χ0v) is 13.7. The highest BCUT2D eigenvalue weighted by Crippen LogP contribution is 2.47. The summed E-state index contributed by atoms with van der Waals surface area (Å²) in [4.78, 5) is 2.89. The van der Waals surface area contributed by atoms with Crippen LogP contribution in [0.2, 0.25) is 0 Å². The number of rotatable bonds is 3. The molecular weight excluding hydrogens is 258 g/mol. The molecule has 0 N–H and O–H groups in total. The highest BCUT2D eigenvalue weighted by Gasteiger charge is 2.52. The molecule has 3 saturated heterocycles. The minimum atomic E-state index is 0.418. The van der Waals surface area contributed by atoms with E-state index in [9.17, 15) is 0 Å². The SMILES string of the molecule is C1CCC(C2(N3CCC3)CCCCN2N2CCCC2)CC1. The van der Waals surface area contributed by atoms with Crippen molar-refractivity contribution in [1.29, 1.82) is 0 Å². The van der Waals surface area contributed by atoms with Gasteiger partial charge in [0.25, 0.3) is 0 Å². The molecule has 3 heteroatoms. The maximum Gasteiger partial charge on any atom is 0.0901 e. The van der Waals surface area contributed by atoms with E-state index >= 15 is 0 Å². The average Bonchev–Trinajstić information content (AvgIpc) is 3.01. The van der Waals surface area contributed by atoms with E-state index in [1.807, 2.05) is 0 Å². The van der Waals surface area contributed by atoms with Crippen molar-refractivity contribution in [3.63, 3.8) is 0 Å². The number of hydrogen-bond donors (Lipinski definition) is 0. The van der Waals surface area contributed by atoms with Gasteiger partial charge in [-0.1, -0.05) is 19.3 Å². The van der Waals surface area contributed by atoms with E-state index in [-0.39, 0.29) is 0 Å². The minimum Gasteiger partial charge on any atom is -0.284 e. The fourth-order valence-electron chi connectivity index (χ4n) is 5.56. The van der Waals surface area contributed by atoms with Gasteiger partial charge in [-0.25, -0.2) is 10.0 Å². The second-order valence-corrected chi connectivity index (χ2v) is 7.80. The topological polar surface area (TPSA) is 9.72 Å². The quantitative estimate of drug-likeness (QED) is 0.788. The van der Waals surface area contributed by atoms with E-state index in [1.54, 1.807) is 0 Å². The van der Waals surface area contributed by atoms with Gasteiger partial charge < -0.3 is 0 Å². The van der Waals surface area contributed by atoms with Crippen molar-refractivity contribution in [2.75, 3.05) is 32.7 Å². The van der Waals surface area contributed by atoms with E-state index in [4.69, 9.17) is 0 Å². The Morgan fingerprint density at radius 2 is 1.33 bits per heavy atom. The van der Waals surface area contributed by atoms with Crippen LogP contribution >= 0.6 is 0 Å². The Morgan fingerprint density at radius 3 is 2.00 bits per heavy atom. The lowest BCUT2D eigenvalue weighted by molar-refractivity contribution is -0.233. The number of piperidine rings is 1. The molecule has 0 aromatic carbocycles. The predicted octanol–water partition coefficient (Wildman–Crippen LogP) is 3.47. The van der Waals surface area contributed by atoms with Crippen LogP contribution in [0.4, 0.5) is 0 Å². The van der Waals surface area contributed by atoms with Crippen LogP contribution in [0.1, 0.15) is 70.6 Å². The summed E-state index contributed by atoms with van der Waals surface area (Å²) >= 11 is 0. The van der Waals surface area contributed by atoms with Gasteiger partial charge in [-0.2, -0.15) is 0 Å². The largest absolute Gasteiger partial charge is 0.284 e. The molecule has 3 aliphatic heterocycles. The van der Waals surface area contributed by atoms with E-state index < -0.39 is 0 Å². The van der Waals surface area contributed by atoms with Gasteiger partial charge in [0.2, 0.25) is 0 Å². The lowest BCUT2D eigenvalue weighted by Gasteiger charge is -2.62. The van der Waals surface area contributed by atoms with Gasteiger partial charge in [0.1, 0.15) is 0 Å². The highest BCUT2D eigenvalue weighted by molar-refractivity contribution is 5.01. The predicted molar refractivity (Wildman–Crippen MR) is 86.9 cm³/mol. The van der Waals surface area contributed by atoms with Crippen LogP contribution < -0.4 is 0 Å².